The summed E-state index contributed by atoms with van der Waals surface area (Å²) in [6, 6.07) is 9.35. The average molecular weight is 725 g/mol. The van der Waals surface area contributed by atoms with E-state index in [1.165, 1.54) is 0 Å². The molecule has 11 nitrogen and oxygen atoms in total. The van der Waals surface area contributed by atoms with Gasteiger partial charge < -0.3 is 39.3 Å². The summed E-state index contributed by atoms with van der Waals surface area (Å²) in [6.45, 7) is 17.9. The largest absolute Gasteiger partial charge is 0.455 e. The van der Waals surface area contributed by atoms with Crippen LogP contribution in [0.2, 0.25) is 0 Å². The molecular weight excluding hydrogens is 664 g/mol. The van der Waals surface area contributed by atoms with Gasteiger partial charge in [0.2, 0.25) is 6.10 Å². The molecule has 2 saturated carbocycles. The molecule has 2 aliphatic heterocycles. The topological polar surface area (TPSA) is 146 Å². The summed E-state index contributed by atoms with van der Waals surface area (Å²) in [5.74, 6) is -3.39. The SMILES string of the molecule is CC1=C2[C@@H](O)C(=O)[C@@]3(C)C([C@H](C)[C@](O)(C[C@@H]1OC(=O)[C@H](OC(=O)CCCN1CCN(C)CC1)[C@@H](C)c1ccccc1)C2(C)C)[C@]1(C)COC1C[C@@H]3O. The lowest BCUT2D eigenvalue weighted by Gasteiger charge is -2.68. The number of aliphatic hydroxyl groups excluding tert-OH is 2. The fourth-order valence-corrected chi connectivity index (χ4v) is 10.8. The Morgan fingerprint density at radius 3 is 2.33 bits per heavy atom. The van der Waals surface area contributed by atoms with Crippen molar-refractivity contribution in [2.45, 2.75) is 116 Å². The summed E-state index contributed by atoms with van der Waals surface area (Å²) in [7, 11) is 2.10. The highest BCUT2D eigenvalue weighted by molar-refractivity contribution is 5.93. The number of ketones is 1. The van der Waals surface area contributed by atoms with Gasteiger partial charge in [-0.05, 0) is 62.4 Å². The van der Waals surface area contributed by atoms with E-state index in [1.54, 1.807) is 13.8 Å². The third-order valence-electron chi connectivity index (χ3n) is 14.3. The van der Waals surface area contributed by atoms with Gasteiger partial charge in [-0.15, -0.1) is 0 Å². The van der Waals surface area contributed by atoms with Crippen LogP contribution >= 0.6 is 0 Å². The van der Waals surface area contributed by atoms with Crippen LogP contribution in [0.1, 0.15) is 85.6 Å². The summed E-state index contributed by atoms with van der Waals surface area (Å²) in [5.41, 5.74) is -2.96. The molecule has 0 spiro atoms. The Kier molecular flexibility index (Phi) is 10.7. The zero-order valence-electron chi connectivity index (χ0n) is 32.3. The highest BCUT2D eigenvalue weighted by atomic mass is 16.6. The Morgan fingerprint density at radius 2 is 1.71 bits per heavy atom. The molecule has 2 heterocycles. The van der Waals surface area contributed by atoms with Crippen LogP contribution in [0, 0.1) is 28.1 Å². The number of carbonyl (C=O) groups is 3. The molecule has 0 radical (unpaired) electrons. The lowest BCUT2D eigenvalue weighted by molar-refractivity contribution is -0.302. The van der Waals surface area contributed by atoms with Crippen LogP contribution in [0.25, 0.3) is 0 Å². The second kappa shape index (κ2) is 14.2. The van der Waals surface area contributed by atoms with E-state index in [1.807, 2.05) is 65.0 Å². The number of Topliss-reactive ketones (excluding diaryl/α,β-unsaturated/α-hetero) is 1. The number of piperazine rings is 1. The zero-order chi connectivity index (χ0) is 38.0. The van der Waals surface area contributed by atoms with E-state index in [2.05, 4.69) is 16.8 Å². The standard InChI is InChI=1S/C41H60N2O9/c1-24(27-13-10-9-11-14-27)34(52-31(45)15-12-16-43-19-17-42(8)18-20-43)37(48)51-28-22-41(49)26(3)35-39(6)23-50-30(39)21-29(44)40(35,7)36(47)33(46)32(25(28)2)38(41,4)5/h9-11,13-14,24,26,28-30,33-35,44,46,49H,12,15-23H2,1-8H3/t24-,26-,28-,29-,30?,33+,34+,35?,39+,40+,41+/m0/s1. The Labute approximate surface area is 308 Å². The van der Waals surface area contributed by atoms with Crippen LogP contribution in [-0.4, -0.2) is 125 Å². The fraction of sp³-hybridized carbons (Fsp3) is 0.732. The third-order valence-corrected chi connectivity index (χ3v) is 14.3. The first-order chi connectivity index (χ1) is 24.4. The quantitative estimate of drug-likeness (QED) is 0.254. The number of hydrogen-bond acceptors (Lipinski definition) is 11. The number of aliphatic hydroxyl groups is 3. The molecule has 2 saturated heterocycles. The van der Waals surface area contributed by atoms with E-state index < -0.39 is 81.7 Å². The highest BCUT2D eigenvalue weighted by Gasteiger charge is 2.73. The molecule has 0 amide bonds. The molecule has 1 aromatic rings. The van der Waals surface area contributed by atoms with Crippen molar-refractivity contribution in [2.24, 2.45) is 28.1 Å². The molecule has 0 aromatic heterocycles. The summed E-state index contributed by atoms with van der Waals surface area (Å²) < 4.78 is 18.1. The Hall–Kier alpha value is -2.67. The lowest BCUT2D eigenvalue weighted by atomic mass is 9.40. The number of ether oxygens (including phenoxy) is 3. The number of rotatable bonds is 9. The molecule has 288 valence electrons. The van der Waals surface area contributed by atoms with E-state index in [-0.39, 0.29) is 25.4 Å². The van der Waals surface area contributed by atoms with E-state index in [0.717, 1.165) is 38.3 Å². The summed E-state index contributed by atoms with van der Waals surface area (Å²) in [6.07, 6.45) is -4.26. The number of likely N-dealkylation sites (N-methyl/N-ethyl adjacent to an activating group) is 1. The van der Waals surface area contributed by atoms with Gasteiger partial charge in [0.15, 0.2) is 5.78 Å². The number of fused-ring (bicyclic) bond motifs is 5. The fourth-order valence-electron chi connectivity index (χ4n) is 10.8. The van der Waals surface area contributed by atoms with Gasteiger partial charge in [0.1, 0.15) is 12.2 Å². The maximum atomic E-state index is 14.5. The molecule has 1 aromatic carbocycles. The van der Waals surface area contributed by atoms with E-state index in [0.29, 0.717) is 24.2 Å². The predicted molar refractivity (Wildman–Crippen MR) is 194 cm³/mol. The summed E-state index contributed by atoms with van der Waals surface area (Å²) >= 11 is 0. The highest BCUT2D eigenvalue weighted by Crippen LogP contribution is 2.66. The predicted octanol–water partition coefficient (Wildman–Crippen LogP) is 3.49. The molecule has 6 rings (SSSR count). The first-order valence-electron chi connectivity index (χ1n) is 19.2. The molecule has 3 aliphatic carbocycles. The lowest BCUT2D eigenvalue weighted by Crippen LogP contribution is -2.75. The molecule has 4 fully saturated rings. The minimum atomic E-state index is -1.64. The van der Waals surface area contributed by atoms with Crippen molar-refractivity contribution >= 4 is 17.7 Å². The van der Waals surface area contributed by atoms with Crippen LogP contribution in [0.15, 0.2) is 41.5 Å². The monoisotopic (exact) mass is 724 g/mol. The number of benzene rings is 1. The molecular formula is C41H60N2O9. The van der Waals surface area contributed by atoms with Crippen molar-refractivity contribution in [2.75, 3.05) is 46.4 Å². The Morgan fingerprint density at radius 1 is 1.06 bits per heavy atom. The number of nitrogens with zero attached hydrogens (tertiary/aromatic N) is 2. The van der Waals surface area contributed by atoms with Crippen LogP contribution in [0.4, 0.5) is 0 Å². The maximum Gasteiger partial charge on any atom is 0.348 e. The van der Waals surface area contributed by atoms with Crippen LogP contribution in [0.3, 0.4) is 0 Å². The van der Waals surface area contributed by atoms with Crippen molar-refractivity contribution in [1.82, 2.24) is 9.80 Å². The van der Waals surface area contributed by atoms with Crippen molar-refractivity contribution in [3.63, 3.8) is 0 Å². The first-order valence-corrected chi connectivity index (χ1v) is 19.2. The van der Waals surface area contributed by atoms with Gasteiger partial charge in [-0.1, -0.05) is 65.0 Å². The summed E-state index contributed by atoms with van der Waals surface area (Å²) in [5, 5.41) is 36.5. The van der Waals surface area contributed by atoms with Crippen molar-refractivity contribution < 1.29 is 43.9 Å². The average Bonchev–Trinajstić information content (AvgIpc) is 3.10. The molecule has 11 atom stereocenters. The molecule has 2 unspecified atom stereocenters. The van der Waals surface area contributed by atoms with Gasteiger partial charge in [-0.25, -0.2) is 4.79 Å². The van der Waals surface area contributed by atoms with Gasteiger partial charge in [-0.2, -0.15) is 0 Å². The van der Waals surface area contributed by atoms with Crippen LogP contribution < -0.4 is 0 Å². The second-order valence-electron chi connectivity index (χ2n) is 17.5. The van der Waals surface area contributed by atoms with Gasteiger partial charge in [0, 0.05) is 62.2 Å². The van der Waals surface area contributed by atoms with Crippen LogP contribution in [0.5, 0.6) is 0 Å². The molecule has 2 bridgehead atoms. The number of esters is 2. The Balaban J connectivity index is 1.29. The molecule has 11 heteroatoms. The third kappa shape index (κ3) is 6.27. The number of hydrogen-bond donors (Lipinski definition) is 3. The summed E-state index contributed by atoms with van der Waals surface area (Å²) in [4.78, 5) is 46.8. The zero-order valence-corrected chi connectivity index (χ0v) is 32.3. The smallest absolute Gasteiger partial charge is 0.348 e. The van der Waals surface area contributed by atoms with Gasteiger partial charge in [-0.3, -0.25) is 9.59 Å². The van der Waals surface area contributed by atoms with E-state index in [9.17, 15) is 29.7 Å². The van der Waals surface area contributed by atoms with Crippen molar-refractivity contribution in [3.8, 4) is 0 Å². The van der Waals surface area contributed by atoms with Crippen molar-refractivity contribution in [3.05, 3.63) is 47.0 Å². The molecule has 52 heavy (non-hydrogen) atoms. The second-order valence-corrected chi connectivity index (χ2v) is 17.5. The minimum absolute atomic E-state index is 0.00115. The van der Waals surface area contributed by atoms with Gasteiger partial charge in [0.25, 0.3) is 0 Å². The van der Waals surface area contributed by atoms with Crippen LogP contribution in [-0.2, 0) is 28.6 Å². The van der Waals surface area contributed by atoms with Crippen molar-refractivity contribution in [1.29, 1.82) is 0 Å². The van der Waals surface area contributed by atoms with Gasteiger partial charge >= 0.3 is 11.9 Å². The van der Waals surface area contributed by atoms with E-state index >= 15 is 0 Å². The number of carbonyl (C=O) groups excluding carboxylic acids is 3. The Bertz CT molecular complexity index is 1560. The van der Waals surface area contributed by atoms with Gasteiger partial charge in [0.05, 0.1) is 29.8 Å². The maximum absolute atomic E-state index is 14.5. The first kappa shape index (κ1) is 39.0. The van der Waals surface area contributed by atoms with E-state index in [4.69, 9.17) is 14.2 Å². The molecule has 3 N–H and O–H groups in total. The molecule has 5 aliphatic rings. The normalized spacial score (nSPS) is 38.9. The minimum Gasteiger partial charge on any atom is -0.455 e.